The zero-order chi connectivity index (χ0) is 17.6. The number of rotatable bonds is 6. The molecule has 1 N–H and O–H groups in total. The van der Waals surface area contributed by atoms with Crippen LogP contribution >= 0.6 is 0 Å². The molecule has 3 unspecified atom stereocenters. The van der Waals surface area contributed by atoms with Crippen LogP contribution in [0.5, 0.6) is 5.75 Å². The van der Waals surface area contributed by atoms with Gasteiger partial charge in [0.05, 0.1) is 6.61 Å². The van der Waals surface area contributed by atoms with Crippen LogP contribution in [0, 0.1) is 18.8 Å². The molecule has 25 heavy (non-hydrogen) atoms. The van der Waals surface area contributed by atoms with Crippen LogP contribution in [0.1, 0.15) is 25.3 Å². The lowest BCUT2D eigenvalue weighted by Crippen LogP contribution is -2.17. The highest BCUT2D eigenvalue weighted by atomic mass is 16.6. The molecule has 0 heterocycles. The predicted octanol–water partition coefficient (Wildman–Crippen LogP) is 4.69. The van der Waals surface area contributed by atoms with Crippen LogP contribution in [-0.4, -0.2) is 18.0 Å². The molecule has 2 aliphatic rings. The molecular weight excluding hydrogens is 312 g/mol. The van der Waals surface area contributed by atoms with Crippen molar-refractivity contribution >= 4 is 0 Å². The molecule has 3 atom stereocenters. The van der Waals surface area contributed by atoms with Crippen LogP contribution < -0.4 is 4.74 Å². The first-order valence-corrected chi connectivity index (χ1v) is 8.91. The average molecular weight is 338 g/mol. The van der Waals surface area contributed by atoms with E-state index >= 15 is 0 Å². The molecule has 0 saturated carbocycles. The van der Waals surface area contributed by atoms with Gasteiger partial charge in [-0.2, -0.15) is 0 Å². The van der Waals surface area contributed by atoms with Crippen LogP contribution in [0.2, 0.25) is 0 Å². The minimum Gasteiger partial charge on any atom is -0.493 e. The van der Waals surface area contributed by atoms with Crippen molar-refractivity contribution in [3.8, 4) is 5.75 Å². The van der Waals surface area contributed by atoms with Gasteiger partial charge in [0, 0.05) is 11.5 Å². The molecule has 0 saturated heterocycles. The number of ether oxygens (including phenoxy) is 2. The summed E-state index contributed by atoms with van der Waals surface area (Å²) in [5.74, 6) is 2.46. The Bertz CT molecular complexity index is 694. The summed E-state index contributed by atoms with van der Waals surface area (Å²) >= 11 is 0. The van der Waals surface area contributed by atoms with Crippen LogP contribution in [0.4, 0.5) is 0 Å². The van der Waals surface area contributed by atoms with Gasteiger partial charge in [-0.1, -0.05) is 48.9 Å². The van der Waals surface area contributed by atoms with Crippen LogP contribution in [0.3, 0.4) is 0 Å². The third-order valence-corrected chi connectivity index (χ3v) is 4.51. The topological polar surface area (TPSA) is 38.7 Å². The molecule has 1 aromatic carbocycles. The highest BCUT2D eigenvalue weighted by Crippen LogP contribution is 2.24. The number of allylic oxidation sites excluding steroid dienone is 4. The van der Waals surface area contributed by atoms with Gasteiger partial charge in [-0.3, -0.25) is 0 Å². The van der Waals surface area contributed by atoms with Gasteiger partial charge in [0.15, 0.2) is 0 Å². The van der Waals surface area contributed by atoms with Crippen molar-refractivity contribution in [3.63, 3.8) is 0 Å². The first-order chi connectivity index (χ1) is 12.1. The SMILES string of the molecule is Cc1ccc(OCC2C=CC(OC(O)C3=CCC(C)C=C3)=CC2)cc1. The van der Waals surface area contributed by atoms with Gasteiger partial charge in [0.2, 0.25) is 6.29 Å². The second-order valence-electron chi connectivity index (χ2n) is 6.83. The van der Waals surface area contributed by atoms with Crippen molar-refractivity contribution in [1.82, 2.24) is 0 Å². The fourth-order valence-electron chi connectivity index (χ4n) is 2.82. The third-order valence-electron chi connectivity index (χ3n) is 4.51. The van der Waals surface area contributed by atoms with Crippen molar-refractivity contribution in [2.24, 2.45) is 11.8 Å². The van der Waals surface area contributed by atoms with E-state index in [-0.39, 0.29) is 0 Å². The largest absolute Gasteiger partial charge is 0.493 e. The van der Waals surface area contributed by atoms with Gasteiger partial charge >= 0.3 is 0 Å². The quantitative estimate of drug-likeness (QED) is 0.765. The van der Waals surface area contributed by atoms with Crippen molar-refractivity contribution < 1.29 is 14.6 Å². The molecule has 0 aliphatic heterocycles. The summed E-state index contributed by atoms with van der Waals surface area (Å²) in [6.07, 6.45) is 13.0. The van der Waals surface area contributed by atoms with E-state index < -0.39 is 6.29 Å². The van der Waals surface area contributed by atoms with Crippen molar-refractivity contribution in [1.29, 1.82) is 0 Å². The summed E-state index contributed by atoms with van der Waals surface area (Å²) < 4.78 is 11.5. The third kappa shape index (κ3) is 5.10. The van der Waals surface area contributed by atoms with Gasteiger partial charge in [0.1, 0.15) is 11.5 Å². The molecule has 0 amide bonds. The lowest BCUT2D eigenvalue weighted by molar-refractivity contribution is -0.0295. The van der Waals surface area contributed by atoms with Crippen LogP contribution in [0.25, 0.3) is 0 Å². The van der Waals surface area contributed by atoms with Gasteiger partial charge in [-0.25, -0.2) is 0 Å². The first-order valence-electron chi connectivity index (χ1n) is 8.91. The van der Waals surface area contributed by atoms with E-state index in [1.165, 1.54) is 5.56 Å². The number of hydrogen-bond acceptors (Lipinski definition) is 3. The van der Waals surface area contributed by atoms with Gasteiger partial charge in [-0.15, -0.1) is 0 Å². The predicted molar refractivity (Wildman–Crippen MR) is 100 cm³/mol. The molecule has 3 nitrogen and oxygen atoms in total. The molecule has 3 rings (SSSR count). The fourth-order valence-corrected chi connectivity index (χ4v) is 2.82. The van der Waals surface area contributed by atoms with E-state index in [0.717, 1.165) is 24.2 Å². The maximum Gasteiger partial charge on any atom is 0.223 e. The zero-order valence-corrected chi connectivity index (χ0v) is 14.9. The number of benzene rings is 1. The fraction of sp³-hybridized carbons (Fsp3) is 0.364. The van der Waals surface area contributed by atoms with Gasteiger partial charge in [-0.05, 0) is 50.0 Å². The Balaban J connectivity index is 1.45. The van der Waals surface area contributed by atoms with Crippen LogP contribution in [-0.2, 0) is 4.74 Å². The Morgan fingerprint density at radius 1 is 1.08 bits per heavy atom. The minimum absolute atomic E-state index is 0.320. The first kappa shape index (κ1) is 17.6. The number of aliphatic hydroxyl groups excluding tert-OH is 1. The van der Waals surface area contributed by atoms with Crippen molar-refractivity contribution in [3.05, 3.63) is 77.6 Å². The lowest BCUT2D eigenvalue weighted by Gasteiger charge is -2.21. The standard InChI is InChI=1S/C22H26O3/c1-16-3-9-19(10-4-16)22(23)25-21-13-7-18(8-14-21)15-24-20-11-5-17(2)6-12-20/h3,5-7,9-14,16,18,22-23H,4,8,15H2,1-2H3. The second-order valence-corrected chi connectivity index (χ2v) is 6.83. The lowest BCUT2D eigenvalue weighted by atomic mass is 9.98. The second kappa shape index (κ2) is 8.21. The molecule has 0 fully saturated rings. The van der Waals surface area contributed by atoms with Crippen LogP contribution in [0.15, 0.2) is 72.1 Å². The number of aliphatic hydroxyl groups is 1. The summed E-state index contributed by atoms with van der Waals surface area (Å²) in [7, 11) is 0. The van der Waals surface area contributed by atoms with Gasteiger partial charge < -0.3 is 14.6 Å². The normalized spacial score (nSPS) is 23.6. The summed E-state index contributed by atoms with van der Waals surface area (Å²) in [5, 5.41) is 10.2. The molecule has 132 valence electrons. The van der Waals surface area contributed by atoms with Crippen molar-refractivity contribution in [2.75, 3.05) is 6.61 Å². The number of hydrogen-bond donors (Lipinski definition) is 1. The van der Waals surface area contributed by atoms with Crippen molar-refractivity contribution in [2.45, 2.75) is 33.0 Å². The Morgan fingerprint density at radius 3 is 2.52 bits per heavy atom. The molecule has 0 aromatic heterocycles. The minimum atomic E-state index is -0.903. The molecule has 0 radical (unpaired) electrons. The van der Waals surface area contributed by atoms with E-state index in [0.29, 0.717) is 24.2 Å². The van der Waals surface area contributed by atoms with E-state index in [2.05, 4.69) is 38.1 Å². The summed E-state index contributed by atoms with van der Waals surface area (Å²) in [6.45, 7) is 4.86. The molecule has 2 aliphatic carbocycles. The maximum atomic E-state index is 10.2. The smallest absolute Gasteiger partial charge is 0.223 e. The summed E-state index contributed by atoms with van der Waals surface area (Å²) in [4.78, 5) is 0. The molecule has 1 aromatic rings. The average Bonchev–Trinajstić information content (AvgIpc) is 2.63. The molecule has 0 spiro atoms. The summed E-state index contributed by atoms with van der Waals surface area (Å²) in [6, 6.07) is 8.09. The molecule has 3 heteroatoms. The Morgan fingerprint density at radius 2 is 1.88 bits per heavy atom. The van der Waals surface area contributed by atoms with E-state index in [9.17, 15) is 5.11 Å². The number of aryl methyl sites for hydroxylation is 1. The molecule has 0 bridgehead atoms. The highest BCUT2D eigenvalue weighted by Gasteiger charge is 2.16. The maximum absolute atomic E-state index is 10.2. The summed E-state index contributed by atoms with van der Waals surface area (Å²) in [5.41, 5.74) is 2.06. The monoisotopic (exact) mass is 338 g/mol. The zero-order valence-electron chi connectivity index (χ0n) is 14.9. The Hall–Kier alpha value is -2.26. The van der Waals surface area contributed by atoms with E-state index in [1.807, 2.05) is 36.4 Å². The van der Waals surface area contributed by atoms with Gasteiger partial charge in [0.25, 0.3) is 0 Å². The Labute approximate surface area is 150 Å². The Kier molecular flexibility index (Phi) is 5.77. The molecular formula is C22H26O3. The van der Waals surface area contributed by atoms with E-state index in [4.69, 9.17) is 9.47 Å². The highest BCUT2D eigenvalue weighted by molar-refractivity contribution is 5.28. The van der Waals surface area contributed by atoms with E-state index in [1.54, 1.807) is 0 Å².